The van der Waals surface area contributed by atoms with Crippen LogP contribution in [0.4, 0.5) is 10.5 Å². The minimum atomic E-state index is -1.85. The van der Waals surface area contributed by atoms with Crippen molar-refractivity contribution in [2.24, 2.45) is 17.4 Å². The molecule has 0 aliphatic rings. The minimum absolute atomic E-state index is 0.0682. The van der Waals surface area contributed by atoms with E-state index >= 15 is 0 Å². The zero-order valence-electron chi connectivity index (χ0n) is 21.7. The van der Waals surface area contributed by atoms with Crippen LogP contribution < -0.4 is 27.4 Å². The molecule has 1 aromatic rings. The lowest BCUT2D eigenvalue weighted by Gasteiger charge is -2.36. The number of benzene rings is 1. The first-order chi connectivity index (χ1) is 15.6. The van der Waals surface area contributed by atoms with Crippen LogP contribution >= 0.6 is 0 Å². The highest BCUT2D eigenvalue weighted by molar-refractivity contribution is 6.74. The van der Waals surface area contributed by atoms with Crippen molar-refractivity contribution in [1.29, 1.82) is 0 Å². The molecule has 1 aromatic carbocycles. The third kappa shape index (κ3) is 9.82. The number of amides is 4. The first kappa shape index (κ1) is 29.6. The summed E-state index contributed by atoms with van der Waals surface area (Å²) in [5, 5.41) is 8.20. The first-order valence-corrected chi connectivity index (χ1v) is 14.7. The molecule has 4 amide bonds. The second kappa shape index (κ2) is 12.9. The summed E-state index contributed by atoms with van der Waals surface area (Å²) in [6.45, 7) is 15.5. The molecule has 0 saturated carbocycles. The highest BCUT2D eigenvalue weighted by Gasteiger charge is 2.37. The number of hydrogen-bond donors (Lipinski definition) is 5. The Hall–Kier alpha value is -2.43. The summed E-state index contributed by atoms with van der Waals surface area (Å²) in [7, 11) is -1.85. The molecule has 0 spiro atoms. The van der Waals surface area contributed by atoms with E-state index in [0.29, 0.717) is 31.7 Å². The quantitative estimate of drug-likeness (QED) is 0.224. The Labute approximate surface area is 204 Å². The van der Waals surface area contributed by atoms with Crippen LogP contribution in [0.25, 0.3) is 0 Å². The molecule has 0 aliphatic heterocycles. The number of hydrogen-bond acceptors (Lipinski definition) is 5. The molecule has 0 aromatic heterocycles. The van der Waals surface area contributed by atoms with Crippen molar-refractivity contribution in [2.45, 2.75) is 84.3 Å². The molecular weight excluding hydrogens is 450 g/mol. The largest absolute Gasteiger partial charge is 0.413 e. The number of carbonyl (C=O) groups is 3. The second-order valence-electron chi connectivity index (χ2n) is 10.5. The predicted molar refractivity (Wildman–Crippen MR) is 139 cm³/mol. The smallest absolute Gasteiger partial charge is 0.312 e. The van der Waals surface area contributed by atoms with Crippen LogP contribution in [-0.4, -0.2) is 44.8 Å². The van der Waals surface area contributed by atoms with Crippen LogP contribution in [0.3, 0.4) is 0 Å². The minimum Gasteiger partial charge on any atom is -0.413 e. The number of anilines is 1. The fourth-order valence-electron chi connectivity index (χ4n) is 2.75. The molecule has 7 N–H and O–H groups in total. The van der Waals surface area contributed by atoms with Crippen molar-refractivity contribution >= 4 is 31.9 Å². The third-order valence-corrected chi connectivity index (χ3v) is 10.7. The van der Waals surface area contributed by atoms with Crippen molar-refractivity contribution in [3.05, 3.63) is 29.8 Å². The molecule has 0 aliphatic carbocycles. The number of primary amides is 1. The van der Waals surface area contributed by atoms with Gasteiger partial charge in [0, 0.05) is 12.2 Å². The SMILES string of the molecule is CC(C)C(N)C(=O)NC(CCCNC(N)=O)C(=O)Nc1ccc(CO[Si](C)(C)C(C)(C)C)cc1. The Balaban J connectivity index is 2.79. The van der Waals surface area contributed by atoms with Crippen molar-refractivity contribution in [1.82, 2.24) is 10.6 Å². The van der Waals surface area contributed by atoms with Crippen LogP contribution in [0.2, 0.25) is 18.1 Å². The van der Waals surface area contributed by atoms with Gasteiger partial charge in [0.2, 0.25) is 11.8 Å². The van der Waals surface area contributed by atoms with E-state index in [1.165, 1.54) is 0 Å². The van der Waals surface area contributed by atoms with Crippen LogP contribution in [-0.2, 0) is 20.6 Å². The van der Waals surface area contributed by atoms with E-state index in [1.807, 2.05) is 38.1 Å². The van der Waals surface area contributed by atoms with Gasteiger partial charge in [0.05, 0.1) is 12.6 Å². The fraction of sp³-hybridized carbons (Fsp3) is 0.625. The van der Waals surface area contributed by atoms with E-state index in [2.05, 4.69) is 49.8 Å². The maximum atomic E-state index is 12.9. The van der Waals surface area contributed by atoms with Crippen molar-refractivity contribution in [3.63, 3.8) is 0 Å². The molecule has 10 heteroatoms. The van der Waals surface area contributed by atoms with E-state index in [0.717, 1.165) is 5.56 Å². The summed E-state index contributed by atoms with van der Waals surface area (Å²) < 4.78 is 6.25. The monoisotopic (exact) mass is 493 g/mol. The summed E-state index contributed by atoms with van der Waals surface area (Å²) in [6, 6.07) is 5.31. The van der Waals surface area contributed by atoms with Gasteiger partial charge in [0.1, 0.15) is 6.04 Å². The van der Waals surface area contributed by atoms with Gasteiger partial charge in [0.25, 0.3) is 0 Å². The Kier molecular flexibility index (Phi) is 11.2. The third-order valence-electron chi connectivity index (χ3n) is 6.25. The molecule has 0 heterocycles. The normalized spacial score (nSPS) is 13.8. The van der Waals surface area contributed by atoms with E-state index < -0.39 is 32.3 Å². The predicted octanol–water partition coefficient (Wildman–Crippen LogP) is 3.06. The standard InChI is InChI=1S/C24H43N5O4Si/c1-16(2)20(25)22(31)29-19(9-8-14-27-23(26)32)21(30)28-18-12-10-17(11-13-18)15-33-34(6,7)24(3,4)5/h10-13,16,19-20H,8-9,14-15,25H2,1-7H3,(H,28,30)(H,29,31)(H3,26,27,32). The molecule has 34 heavy (non-hydrogen) atoms. The average Bonchev–Trinajstić information content (AvgIpc) is 2.73. The van der Waals surface area contributed by atoms with Crippen LogP contribution in [0.1, 0.15) is 53.0 Å². The molecule has 1 rings (SSSR count). The average molecular weight is 494 g/mol. The Bertz CT molecular complexity index is 822. The zero-order valence-corrected chi connectivity index (χ0v) is 22.7. The number of nitrogens with two attached hydrogens (primary N) is 2. The Morgan fingerprint density at radius 1 is 1.06 bits per heavy atom. The van der Waals surface area contributed by atoms with E-state index in [-0.39, 0.29) is 16.9 Å². The Morgan fingerprint density at radius 2 is 1.65 bits per heavy atom. The summed E-state index contributed by atoms with van der Waals surface area (Å²) in [6.07, 6.45) is 0.781. The van der Waals surface area contributed by atoms with Crippen LogP contribution in [0.5, 0.6) is 0 Å². The van der Waals surface area contributed by atoms with Gasteiger partial charge in [-0.2, -0.15) is 0 Å². The lowest BCUT2D eigenvalue weighted by molar-refractivity contribution is -0.128. The van der Waals surface area contributed by atoms with E-state index in [4.69, 9.17) is 15.9 Å². The molecular formula is C24H43N5O4Si. The second-order valence-corrected chi connectivity index (χ2v) is 15.3. The van der Waals surface area contributed by atoms with Gasteiger partial charge >= 0.3 is 6.03 Å². The van der Waals surface area contributed by atoms with Crippen molar-refractivity contribution in [3.8, 4) is 0 Å². The molecule has 192 valence electrons. The summed E-state index contributed by atoms with van der Waals surface area (Å²) in [4.78, 5) is 36.2. The molecule has 0 radical (unpaired) electrons. The number of nitrogens with one attached hydrogen (secondary N) is 3. The van der Waals surface area contributed by atoms with Crippen LogP contribution in [0.15, 0.2) is 24.3 Å². The maximum Gasteiger partial charge on any atom is 0.312 e. The van der Waals surface area contributed by atoms with Gasteiger partial charge in [-0.3, -0.25) is 9.59 Å². The fourth-order valence-corrected chi connectivity index (χ4v) is 3.71. The molecule has 2 unspecified atom stereocenters. The molecule has 9 nitrogen and oxygen atoms in total. The van der Waals surface area contributed by atoms with E-state index in [9.17, 15) is 14.4 Å². The van der Waals surface area contributed by atoms with Gasteiger partial charge in [-0.15, -0.1) is 0 Å². The van der Waals surface area contributed by atoms with Gasteiger partial charge in [-0.05, 0) is 54.6 Å². The molecule has 0 bridgehead atoms. The van der Waals surface area contributed by atoms with Crippen molar-refractivity contribution in [2.75, 3.05) is 11.9 Å². The lowest BCUT2D eigenvalue weighted by Crippen LogP contribution is -2.51. The van der Waals surface area contributed by atoms with Gasteiger partial charge < -0.3 is 31.8 Å². The van der Waals surface area contributed by atoms with Gasteiger partial charge in [0.15, 0.2) is 8.32 Å². The molecule has 0 saturated heterocycles. The van der Waals surface area contributed by atoms with Gasteiger partial charge in [-0.25, -0.2) is 4.79 Å². The summed E-state index contributed by atoms with van der Waals surface area (Å²) in [5.74, 6) is -0.814. The van der Waals surface area contributed by atoms with Gasteiger partial charge in [-0.1, -0.05) is 46.8 Å². The zero-order chi connectivity index (χ0) is 26.1. The first-order valence-electron chi connectivity index (χ1n) is 11.8. The maximum absolute atomic E-state index is 12.9. The molecule has 0 fully saturated rings. The molecule has 2 atom stereocenters. The number of rotatable bonds is 12. The van der Waals surface area contributed by atoms with Crippen molar-refractivity contribution < 1.29 is 18.8 Å². The summed E-state index contributed by atoms with van der Waals surface area (Å²) >= 11 is 0. The topological polar surface area (TPSA) is 149 Å². The number of urea groups is 1. The van der Waals surface area contributed by atoms with Crippen LogP contribution in [0, 0.1) is 5.92 Å². The van der Waals surface area contributed by atoms with E-state index in [1.54, 1.807) is 0 Å². The highest BCUT2D eigenvalue weighted by atomic mass is 28.4. The number of carbonyl (C=O) groups excluding carboxylic acids is 3. The highest BCUT2D eigenvalue weighted by Crippen LogP contribution is 2.37. The Morgan fingerprint density at radius 3 is 2.15 bits per heavy atom. The lowest BCUT2D eigenvalue weighted by atomic mass is 10.0. The summed E-state index contributed by atoms with van der Waals surface area (Å²) in [5.41, 5.74) is 12.6.